The number of rotatable bonds is 8. The first-order valence-electron chi connectivity index (χ1n) is 10.5. The van der Waals surface area contributed by atoms with E-state index in [0.717, 1.165) is 29.6 Å². The van der Waals surface area contributed by atoms with Crippen molar-refractivity contribution in [1.29, 1.82) is 0 Å². The Labute approximate surface area is 185 Å². The molecule has 0 amide bonds. The Morgan fingerprint density at radius 1 is 1.22 bits per heavy atom. The van der Waals surface area contributed by atoms with Gasteiger partial charge in [-0.1, -0.05) is 31.1 Å². The van der Waals surface area contributed by atoms with E-state index in [1.807, 2.05) is 25.1 Å². The molecule has 0 saturated heterocycles. The van der Waals surface area contributed by atoms with Gasteiger partial charge in [-0.2, -0.15) is 0 Å². The second kappa shape index (κ2) is 8.80. The largest absolute Gasteiger partial charge is 0.494 e. The average Bonchev–Trinajstić information content (AvgIpc) is 3.28. The number of aromatic hydroxyl groups is 1. The van der Waals surface area contributed by atoms with Crippen LogP contribution in [0, 0.1) is 17.0 Å². The maximum atomic E-state index is 11.3. The number of benzene rings is 2. The molecule has 0 unspecified atom stereocenters. The molecule has 3 aromatic rings. The first-order chi connectivity index (χ1) is 15.4. The first kappa shape index (κ1) is 21.5. The average molecular weight is 435 g/mol. The van der Waals surface area contributed by atoms with E-state index >= 15 is 0 Å². The molecule has 2 N–H and O–H groups in total. The van der Waals surface area contributed by atoms with Crippen LogP contribution in [-0.4, -0.2) is 57.6 Å². The van der Waals surface area contributed by atoms with Crippen LogP contribution >= 0.6 is 0 Å². The number of nitrogens with zero attached hydrogens (tertiary/aromatic N) is 4. The molecular formula is C23H25N5O4. The van der Waals surface area contributed by atoms with Gasteiger partial charge >= 0.3 is 0 Å². The number of fused-ring (bicyclic) bond motifs is 2. The van der Waals surface area contributed by atoms with Crippen LogP contribution in [-0.2, 0) is 4.84 Å². The fourth-order valence-corrected chi connectivity index (χ4v) is 3.85. The highest BCUT2D eigenvalue weighted by atomic mass is 16.6. The van der Waals surface area contributed by atoms with Gasteiger partial charge in [0.05, 0.1) is 16.2 Å². The van der Waals surface area contributed by atoms with Crippen LogP contribution in [0.25, 0.3) is 10.9 Å². The number of aromatic amines is 1. The van der Waals surface area contributed by atoms with Gasteiger partial charge < -0.3 is 19.8 Å². The van der Waals surface area contributed by atoms with Crippen LogP contribution in [0.4, 0.5) is 11.4 Å². The van der Waals surface area contributed by atoms with Crippen molar-refractivity contribution in [2.45, 2.75) is 20.8 Å². The summed E-state index contributed by atoms with van der Waals surface area (Å²) in [6.07, 6.45) is 0. The molecule has 1 aromatic heterocycles. The minimum Gasteiger partial charge on any atom is -0.494 e. The van der Waals surface area contributed by atoms with Gasteiger partial charge in [0.15, 0.2) is 5.88 Å². The maximum absolute atomic E-state index is 11.3. The van der Waals surface area contributed by atoms with Crippen molar-refractivity contribution in [3.05, 3.63) is 63.2 Å². The second-order valence-corrected chi connectivity index (χ2v) is 7.62. The number of aryl methyl sites for hydroxylation is 1. The summed E-state index contributed by atoms with van der Waals surface area (Å²) in [6.45, 7) is 9.00. The number of nitrogens with one attached hydrogen (secondary N) is 1. The molecule has 0 aliphatic carbocycles. The molecule has 9 heteroatoms. The summed E-state index contributed by atoms with van der Waals surface area (Å²) in [5.41, 5.74) is 4.06. The zero-order valence-corrected chi connectivity index (χ0v) is 18.3. The van der Waals surface area contributed by atoms with Crippen LogP contribution in [0.15, 0.2) is 46.5 Å². The van der Waals surface area contributed by atoms with Crippen molar-refractivity contribution in [2.24, 2.45) is 10.1 Å². The van der Waals surface area contributed by atoms with Crippen molar-refractivity contribution in [3.8, 4) is 5.88 Å². The highest BCUT2D eigenvalue weighted by Crippen LogP contribution is 2.37. The summed E-state index contributed by atoms with van der Waals surface area (Å²) >= 11 is 0. The van der Waals surface area contributed by atoms with Gasteiger partial charge in [-0.25, -0.2) is 4.99 Å². The third kappa shape index (κ3) is 3.94. The molecule has 4 rings (SSSR count). The minimum atomic E-state index is -0.455. The topological polar surface area (TPSA) is 116 Å². The van der Waals surface area contributed by atoms with Crippen LogP contribution in [0.1, 0.15) is 30.5 Å². The Bertz CT molecular complexity index is 1240. The van der Waals surface area contributed by atoms with Crippen LogP contribution in [0.3, 0.4) is 0 Å². The summed E-state index contributed by atoms with van der Waals surface area (Å²) in [4.78, 5) is 26.3. The number of nitro groups is 1. The summed E-state index contributed by atoms with van der Waals surface area (Å²) in [5, 5.41) is 27.1. The Hall–Kier alpha value is -3.72. The summed E-state index contributed by atoms with van der Waals surface area (Å²) in [7, 11) is 0. The summed E-state index contributed by atoms with van der Waals surface area (Å²) < 4.78 is 0. The fraction of sp³-hybridized carbons (Fsp3) is 0.304. The Balaban J connectivity index is 1.76. The molecule has 1 aliphatic heterocycles. The number of nitro benzene ring substituents is 1. The minimum absolute atomic E-state index is 0.0394. The molecule has 0 spiro atoms. The smallest absolute Gasteiger partial charge is 0.270 e. The van der Waals surface area contributed by atoms with E-state index < -0.39 is 4.92 Å². The summed E-state index contributed by atoms with van der Waals surface area (Å²) in [6, 6.07) is 10.2. The third-order valence-corrected chi connectivity index (χ3v) is 5.62. The maximum Gasteiger partial charge on any atom is 0.270 e. The van der Waals surface area contributed by atoms with E-state index in [1.54, 1.807) is 6.07 Å². The second-order valence-electron chi connectivity index (χ2n) is 7.62. The van der Waals surface area contributed by atoms with Gasteiger partial charge in [0, 0.05) is 35.1 Å². The SMILES string of the molecule is CCN(CC)CCON=C1C(c2c(O)[nH]c3cc(C)ccc23)=Nc2ccc([N+](=O)[O-])cc21. The van der Waals surface area contributed by atoms with Crippen LogP contribution in [0.2, 0.25) is 0 Å². The number of aromatic nitrogens is 1. The van der Waals surface area contributed by atoms with Crippen molar-refractivity contribution in [3.63, 3.8) is 0 Å². The van der Waals surface area contributed by atoms with Gasteiger partial charge in [0.2, 0.25) is 0 Å². The number of hydrogen-bond acceptors (Lipinski definition) is 7. The van der Waals surface area contributed by atoms with Gasteiger partial charge in [-0.05, 0) is 37.7 Å². The molecule has 1 aliphatic rings. The molecule has 0 atom stereocenters. The monoisotopic (exact) mass is 435 g/mol. The lowest BCUT2D eigenvalue weighted by molar-refractivity contribution is -0.384. The Morgan fingerprint density at radius 3 is 2.72 bits per heavy atom. The molecule has 0 fully saturated rings. The van der Waals surface area contributed by atoms with Crippen molar-refractivity contribution >= 4 is 33.7 Å². The molecule has 9 nitrogen and oxygen atoms in total. The number of oxime groups is 1. The molecule has 0 radical (unpaired) electrons. The van der Waals surface area contributed by atoms with Gasteiger partial charge in [-0.3, -0.25) is 10.1 Å². The molecule has 2 heterocycles. The number of likely N-dealkylation sites (N-methyl/N-ethyl adjacent to an activating group) is 1. The predicted octanol–water partition coefficient (Wildman–Crippen LogP) is 4.29. The highest BCUT2D eigenvalue weighted by Gasteiger charge is 2.31. The summed E-state index contributed by atoms with van der Waals surface area (Å²) in [5.74, 6) is -0.0394. The van der Waals surface area contributed by atoms with E-state index in [2.05, 4.69) is 33.9 Å². The van der Waals surface area contributed by atoms with Crippen LogP contribution in [0.5, 0.6) is 5.88 Å². The normalized spacial score (nSPS) is 14.2. The molecule has 166 valence electrons. The van der Waals surface area contributed by atoms with E-state index in [9.17, 15) is 15.2 Å². The van der Waals surface area contributed by atoms with E-state index in [4.69, 9.17) is 4.84 Å². The van der Waals surface area contributed by atoms with Crippen LogP contribution < -0.4 is 0 Å². The number of H-pyrrole nitrogens is 1. The number of non-ortho nitro benzene ring substituents is 1. The third-order valence-electron chi connectivity index (χ3n) is 5.62. The predicted molar refractivity (Wildman–Crippen MR) is 124 cm³/mol. The van der Waals surface area contributed by atoms with E-state index in [1.165, 1.54) is 12.1 Å². The highest BCUT2D eigenvalue weighted by molar-refractivity contribution is 6.58. The van der Waals surface area contributed by atoms with Gasteiger partial charge in [0.25, 0.3) is 5.69 Å². The molecule has 0 bridgehead atoms. The molecule has 2 aromatic carbocycles. The Kier molecular flexibility index (Phi) is 5.91. The van der Waals surface area contributed by atoms with Crippen molar-refractivity contribution in [1.82, 2.24) is 9.88 Å². The zero-order chi connectivity index (χ0) is 22.8. The lowest BCUT2D eigenvalue weighted by Gasteiger charge is -2.16. The standard InChI is InChI=1S/C23H25N5O4/c1-4-27(5-2)10-11-32-26-21-17-13-15(28(30)31)7-9-18(17)24-22(21)20-16-8-6-14(3)12-19(16)25-23(20)29/h6-9,12-13,25,29H,4-5,10-11H2,1-3H3. The quantitative estimate of drug-likeness (QED) is 0.311. The van der Waals surface area contributed by atoms with E-state index in [0.29, 0.717) is 41.4 Å². The lowest BCUT2D eigenvalue weighted by atomic mass is 10.00. The van der Waals surface area contributed by atoms with Gasteiger partial charge in [-0.15, -0.1) is 0 Å². The molecule has 32 heavy (non-hydrogen) atoms. The Morgan fingerprint density at radius 2 is 2.00 bits per heavy atom. The lowest BCUT2D eigenvalue weighted by Crippen LogP contribution is -2.26. The fourth-order valence-electron chi connectivity index (χ4n) is 3.85. The zero-order valence-electron chi connectivity index (χ0n) is 18.3. The number of aliphatic imine (C=N–C) groups is 1. The number of hydrogen-bond donors (Lipinski definition) is 2. The molecule has 0 saturated carbocycles. The van der Waals surface area contributed by atoms with E-state index in [-0.39, 0.29) is 11.6 Å². The van der Waals surface area contributed by atoms with Crippen molar-refractivity contribution < 1.29 is 14.9 Å². The first-order valence-corrected chi connectivity index (χ1v) is 10.5. The van der Waals surface area contributed by atoms with Crippen molar-refractivity contribution in [2.75, 3.05) is 26.2 Å². The molecular weight excluding hydrogens is 410 g/mol. The van der Waals surface area contributed by atoms with Gasteiger partial charge in [0.1, 0.15) is 18.0 Å².